The minimum atomic E-state index is 0.300. The molecule has 0 aliphatic heterocycles. The monoisotopic (exact) mass is 270 g/mol. The van der Waals surface area contributed by atoms with E-state index in [0.29, 0.717) is 35.3 Å². The van der Waals surface area contributed by atoms with Gasteiger partial charge in [0.1, 0.15) is 12.1 Å². The molecule has 2 rings (SSSR count). The van der Waals surface area contributed by atoms with Crippen LogP contribution in [-0.2, 0) is 0 Å². The number of rotatable bonds is 5. The predicted molar refractivity (Wildman–Crippen MR) is 74.0 cm³/mol. The Morgan fingerprint density at radius 1 is 1.35 bits per heavy atom. The van der Waals surface area contributed by atoms with Crippen LogP contribution >= 0.6 is 0 Å². The van der Waals surface area contributed by atoms with Gasteiger partial charge in [0.15, 0.2) is 5.82 Å². The van der Waals surface area contributed by atoms with Crippen LogP contribution in [0.1, 0.15) is 12.5 Å². The molecule has 6 heteroatoms. The zero-order valence-electron chi connectivity index (χ0n) is 11.3. The molecule has 0 unspecified atom stereocenters. The van der Waals surface area contributed by atoms with E-state index in [4.69, 9.17) is 14.7 Å². The third-order valence-corrected chi connectivity index (χ3v) is 2.50. The van der Waals surface area contributed by atoms with Crippen LogP contribution in [0.5, 0.6) is 17.4 Å². The molecular formula is C14H14N4O2. The van der Waals surface area contributed by atoms with E-state index in [9.17, 15) is 0 Å². The lowest BCUT2D eigenvalue weighted by atomic mass is 10.2. The lowest BCUT2D eigenvalue weighted by Crippen LogP contribution is -2.04. The second-order valence-electron chi connectivity index (χ2n) is 3.83. The average molecular weight is 270 g/mol. The van der Waals surface area contributed by atoms with E-state index >= 15 is 0 Å². The maximum atomic E-state index is 8.88. The number of hydrogen-bond acceptors (Lipinski definition) is 6. The molecule has 2 aromatic rings. The topological polar surface area (TPSA) is 80.1 Å². The summed E-state index contributed by atoms with van der Waals surface area (Å²) in [4.78, 5) is 8.16. The lowest BCUT2D eigenvalue weighted by molar-refractivity contribution is 0.369. The first kappa shape index (κ1) is 13.6. The molecule has 1 aromatic heterocycles. The lowest BCUT2D eigenvalue weighted by Gasteiger charge is -2.12. The fourth-order valence-electron chi connectivity index (χ4n) is 1.65. The molecule has 0 amide bonds. The van der Waals surface area contributed by atoms with Crippen molar-refractivity contribution in [3.05, 3.63) is 36.2 Å². The second-order valence-corrected chi connectivity index (χ2v) is 3.83. The zero-order chi connectivity index (χ0) is 14.4. The highest BCUT2D eigenvalue weighted by Crippen LogP contribution is 2.34. The van der Waals surface area contributed by atoms with Crippen molar-refractivity contribution < 1.29 is 9.47 Å². The Hall–Kier alpha value is -2.81. The molecule has 0 aliphatic rings. The molecule has 1 aromatic carbocycles. The van der Waals surface area contributed by atoms with E-state index in [0.717, 1.165) is 0 Å². The van der Waals surface area contributed by atoms with Gasteiger partial charge >= 0.3 is 0 Å². The minimum absolute atomic E-state index is 0.300. The van der Waals surface area contributed by atoms with Gasteiger partial charge in [0.05, 0.1) is 18.7 Å². The molecule has 0 bridgehead atoms. The number of nitriles is 1. The Bertz CT molecular complexity index is 637. The average Bonchev–Trinajstić information content (AvgIpc) is 2.48. The van der Waals surface area contributed by atoms with Crippen LogP contribution < -0.4 is 14.8 Å². The summed E-state index contributed by atoms with van der Waals surface area (Å²) in [5, 5.41) is 11.9. The van der Waals surface area contributed by atoms with Crippen LogP contribution in [0.3, 0.4) is 0 Å². The van der Waals surface area contributed by atoms with E-state index in [1.54, 1.807) is 24.3 Å². The molecule has 0 spiro atoms. The van der Waals surface area contributed by atoms with Crippen LogP contribution in [0.4, 0.5) is 5.82 Å². The van der Waals surface area contributed by atoms with Crippen LogP contribution in [0.2, 0.25) is 0 Å². The third-order valence-electron chi connectivity index (χ3n) is 2.50. The van der Waals surface area contributed by atoms with Crippen LogP contribution in [0.15, 0.2) is 30.6 Å². The number of anilines is 1. The van der Waals surface area contributed by atoms with Crippen molar-refractivity contribution in [1.29, 1.82) is 5.26 Å². The van der Waals surface area contributed by atoms with Gasteiger partial charge in [0.2, 0.25) is 5.75 Å². The Kier molecular flexibility index (Phi) is 4.35. The van der Waals surface area contributed by atoms with Crippen LogP contribution in [0.25, 0.3) is 0 Å². The van der Waals surface area contributed by atoms with Gasteiger partial charge < -0.3 is 14.8 Å². The quantitative estimate of drug-likeness (QED) is 0.899. The largest absolute Gasteiger partial charge is 0.489 e. The molecule has 1 N–H and O–H groups in total. The number of benzene rings is 1. The molecule has 0 radical (unpaired) electrons. The van der Waals surface area contributed by atoms with Crippen molar-refractivity contribution in [1.82, 2.24) is 9.97 Å². The van der Waals surface area contributed by atoms with Gasteiger partial charge in [-0.2, -0.15) is 10.2 Å². The molecule has 0 saturated heterocycles. The van der Waals surface area contributed by atoms with Crippen molar-refractivity contribution in [3.8, 4) is 23.4 Å². The summed E-state index contributed by atoms with van der Waals surface area (Å²) >= 11 is 0. The Labute approximate surface area is 117 Å². The molecule has 20 heavy (non-hydrogen) atoms. The molecule has 0 atom stereocenters. The number of hydrogen-bond donors (Lipinski definition) is 1. The van der Waals surface area contributed by atoms with Crippen molar-refractivity contribution in [2.75, 3.05) is 19.0 Å². The maximum absolute atomic E-state index is 8.88. The highest BCUT2D eigenvalue weighted by molar-refractivity contribution is 5.56. The fraction of sp³-hybridized carbons (Fsp3) is 0.214. The number of aromatic nitrogens is 2. The van der Waals surface area contributed by atoms with Gasteiger partial charge in [0, 0.05) is 6.54 Å². The summed E-state index contributed by atoms with van der Waals surface area (Å²) in [5.41, 5.74) is 0.516. The predicted octanol–water partition coefficient (Wildman–Crippen LogP) is 2.58. The van der Waals surface area contributed by atoms with E-state index in [1.165, 1.54) is 13.4 Å². The minimum Gasteiger partial charge on any atom is -0.489 e. The summed E-state index contributed by atoms with van der Waals surface area (Å²) in [6.45, 7) is 2.66. The normalized spacial score (nSPS) is 9.65. The van der Waals surface area contributed by atoms with Crippen LogP contribution in [-0.4, -0.2) is 23.6 Å². The Balaban J connectivity index is 2.33. The number of nitrogens with zero attached hydrogens (tertiary/aromatic N) is 3. The van der Waals surface area contributed by atoms with Crippen molar-refractivity contribution in [3.63, 3.8) is 0 Å². The molecule has 0 saturated carbocycles. The molecule has 0 aliphatic carbocycles. The van der Waals surface area contributed by atoms with E-state index in [2.05, 4.69) is 21.4 Å². The van der Waals surface area contributed by atoms with E-state index < -0.39 is 0 Å². The Morgan fingerprint density at radius 2 is 2.20 bits per heavy atom. The molecule has 0 fully saturated rings. The second kappa shape index (κ2) is 6.38. The third kappa shape index (κ3) is 2.95. The first-order valence-corrected chi connectivity index (χ1v) is 6.09. The summed E-state index contributed by atoms with van der Waals surface area (Å²) in [7, 11) is 1.53. The number of methoxy groups -OCH3 is 1. The smallest absolute Gasteiger partial charge is 0.268 e. The standard InChI is InChI=1S/C14H14N4O2/c1-3-16-13-12(19-2)14(18-9-17-13)20-11-6-4-5-10(7-11)8-15/h4-7,9H,3H2,1-2H3,(H,16,17,18). The van der Waals surface area contributed by atoms with Gasteiger partial charge in [-0.3, -0.25) is 0 Å². The highest BCUT2D eigenvalue weighted by Gasteiger charge is 2.13. The maximum Gasteiger partial charge on any atom is 0.268 e. The van der Waals surface area contributed by atoms with Gasteiger partial charge in [-0.25, -0.2) is 4.98 Å². The van der Waals surface area contributed by atoms with Crippen LogP contribution in [0, 0.1) is 11.3 Å². The van der Waals surface area contributed by atoms with Gasteiger partial charge in [0.25, 0.3) is 5.88 Å². The number of ether oxygens (including phenoxy) is 2. The fourth-order valence-corrected chi connectivity index (χ4v) is 1.65. The molecule has 102 valence electrons. The molecule has 6 nitrogen and oxygen atoms in total. The van der Waals surface area contributed by atoms with Gasteiger partial charge in [-0.05, 0) is 25.1 Å². The van der Waals surface area contributed by atoms with Crippen molar-refractivity contribution >= 4 is 5.82 Å². The summed E-state index contributed by atoms with van der Waals surface area (Å²) in [6.07, 6.45) is 1.39. The zero-order valence-corrected chi connectivity index (χ0v) is 11.3. The summed E-state index contributed by atoms with van der Waals surface area (Å²) in [5.74, 6) is 1.81. The SMILES string of the molecule is CCNc1ncnc(Oc2cccc(C#N)c2)c1OC. The van der Waals surface area contributed by atoms with Gasteiger partial charge in [-0.15, -0.1) is 0 Å². The highest BCUT2D eigenvalue weighted by atomic mass is 16.5. The van der Waals surface area contributed by atoms with E-state index in [1.807, 2.05) is 6.92 Å². The van der Waals surface area contributed by atoms with Crippen molar-refractivity contribution in [2.24, 2.45) is 0 Å². The molecule has 1 heterocycles. The number of nitrogens with one attached hydrogen (secondary N) is 1. The molecular weight excluding hydrogens is 256 g/mol. The van der Waals surface area contributed by atoms with Crippen molar-refractivity contribution in [2.45, 2.75) is 6.92 Å². The first-order chi connectivity index (χ1) is 9.78. The van der Waals surface area contributed by atoms with Gasteiger partial charge in [-0.1, -0.05) is 6.07 Å². The first-order valence-electron chi connectivity index (χ1n) is 6.09. The summed E-state index contributed by atoms with van der Waals surface area (Å²) in [6, 6.07) is 8.88. The van der Waals surface area contributed by atoms with E-state index in [-0.39, 0.29) is 0 Å². The Morgan fingerprint density at radius 3 is 2.90 bits per heavy atom. The summed E-state index contributed by atoms with van der Waals surface area (Å²) < 4.78 is 10.9.